The molecule has 4 nitrogen and oxygen atoms in total. The summed E-state index contributed by atoms with van der Waals surface area (Å²) in [6.07, 6.45) is 2.83. The van der Waals surface area contributed by atoms with E-state index >= 15 is 0 Å². The molecule has 3 aromatic rings. The van der Waals surface area contributed by atoms with Crippen LogP contribution in [0.25, 0.3) is 10.8 Å². The molecule has 0 radical (unpaired) electrons. The number of hydrogen-bond donors (Lipinski definition) is 1. The van der Waals surface area contributed by atoms with Gasteiger partial charge in [-0.15, -0.1) is 0 Å². The Morgan fingerprint density at radius 2 is 1.85 bits per heavy atom. The quantitative estimate of drug-likeness (QED) is 0.784. The Morgan fingerprint density at radius 1 is 1.05 bits per heavy atom. The normalized spacial score (nSPS) is 10.4. The van der Waals surface area contributed by atoms with Crippen molar-refractivity contribution < 1.29 is 14.6 Å². The van der Waals surface area contributed by atoms with Gasteiger partial charge in [0, 0.05) is 6.20 Å². The number of ether oxygens (including phenoxy) is 1. The first-order valence-electron chi connectivity index (χ1n) is 6.08. The number of pyridine rings is 1. The summed E-state index contributed by atoms with van der Waals surface area (Å²) in [7, 11) is 0. The van der Waals surface area contributed by atoms with Gasteiger partial charge in [-0.3, -0.25) is 4.98 Å². The topological polar surface area (TPSA) is 59.4 Å². The molecular formula is C16H11NO3. The molecule has 0 bridgehead atoms. The van der Waals surface area contributed by atoms with E-state index in [0.717, 1.165) is 10.8 Å². The lowest BCUT2D eigenvalue weighted by atomic mass is 10.1. The summed E-state index contributed by atoms with van der Waals surface area (Å²) in [5, 5.41) is 11.2. The molecule has 1 heterocycles. The first kappa shape index (κ1) is 12.2. The van der Waals surface area contributed by atoms with Crippen molar-refractivity contribution >= 4 is 16.7 Å². The maximum absolute atomic E-state index is 11.1. The minimum absolute atomic E-state index is 0.0909. The molecule has 4 heteroatoms. The maximum Gasteiger partial charge on any atom is 0.339 e. The second-order valence-corrected chi connectivity index (χ2v) is 4.29. The third-order valence-electron chi connectivity index (χ3n) is 2.96. The first-order chi connectivity index (χ1) is 9.74. The van der Waals surface area contributed by atoms with Gasteiger partial charge in [0.2, 0.25) is 0 Å². The lowest BCUT2D eigenvalue weighted by molar-refractivity contribution is 0.0694. The summed E-state index contributed by atoms with van der Waals surface area (Å²) in [5.41, 5.74) is 0.0909. The minimum Gasteiger partial charge on any atom is -0.478 e. The van der Waals surface area contributed by atoms with Crippen LogP contribution in [-0.2, 0) is 0 Å². The van der Waals surface area contributed by atoms with Gasteiger partial charge < -0.3 is 9.84 Å². The minimum atomic E-state index is -1.04. The third kappa shape index (κ3) is 2.31. The van der Waals surface area contributed by atoms with E-state index in [9.17, 15) is 4.79 Å². The summed E-state index contributed by atoms with van der Waals surface area (Å²) in [6.45, 7) is 0. The molecule has 98 valence electrons. The zero-order chi connectivity index (χ0) is 13.9. The molecule has 0 saturated heterocycles. The zero-order valence-corrected chi connectivity index (χ0v) is 10.5. The molecule has 0 unspecified atom stereocenters. The van der Waals surface area contributed by atoms with E-state index in [0.29, 0.717) is 5.75 Å². The predicted molar refractivity (Wildman–Crippen MR) is 75.2 cm³/mol. The number of aromatic nitrogens is 1. The molecule has 0 fully saturated rings. The Balaban J connectivity index is 1.99. The summed E-state index contributed by atoms with van der Waals surface area (Å²) >= 11 is 0. The van der Waals surface area contributed by atoms with E-state index in [4.69, 9.17) is 9.84 Å². The number of fused-ring (bicyclic) bond motifs is 1. The fraction of sp³-hybridized carbons (Fsp3) is 0. The summed E-state index contributed by atoms with van der Waals surface area (Å²) in [5.74, 6) is -0.224. The number of nitrogens with zero attached hydrogens (tertiary/aromatic N) is 1. The number of carbonyl (C=O) groups is 1. The Morgan fingerprint density at radius 3 is 2.65 bits per heavy atom. The van der Waals surface area contributed by atoms with Gasteiger partial charge in [0.05, 0.1) is 6.20 Å². The van der Waals surface area contributed by atoms with E-state index in [-0.39, 0.29) is 11.3 Å². The standard InChI is InChI=1S/C16H11NO3/c18-16(19)14-7-8-17-10-15(14)20-13-6-5-11-3-1-2-4-12(11)9-13/h1-10H,(H,18,19). The van der Waals surface area contributed by atoms with Crippen molar-refractivity contribution in [2.75, 3.05) is 0 Å². The Hall–Kier alpha value is -2.88. The average Bonchev–Trinajstić information content (AvgIpc) is 2.47. The molecule has 0 aliphatic heterocycles. The molecule has 0 aliphatic rings. The van der Waals surface area contributed by atoms with Crippen molar-refractivity contribution in [3.05, 3.63) is 66.5 Å². The van der Waals surface area contributed by atoms with Crippen LogP contribution in [0.5, 0.6) is 11.5 Å². The average molecular weight is 265 g/mol. The molecule has 3 rings (SSSR count). The van der Waals surface area contributed by atoms with Crippen molar-refractivity contribution in [3.8, 4) is 11.5 Å². The van der Waals surface area contributed by atoms with Crippen LogP contribution < -0.4 is 4.74 Å². The largest absolute Gasteiger partial charge is 0.478 e. The first-order valence-corrected chi connectivity index (χ1v) is 6.08. The van der Waals surface area contributed by atoms with Gasteiger partial charge in [0.25, 0.3) is 0 Å². The zero-order valence-electron chi connectivity index (χ0n) is 10.5. The molecular weight excluding hydrogens is 254 g/mol. The second kappa shape index (κ2) is 5.01. The SMILES string of the molecule is O=C(O)c1ccncc1Oc1ccc2ccccc2c1. The van der Waals surface area contributed by atoms with Gasteiger partial charge in [-0.05, 0) is 29.0 Å². The Kier molecular flexibility index (Phi) is 3.05. The van der Waals surface area contributed by atoms with E-state index < -0.39 is 5.97 Å². The smallest absolute Gasteiger partial charge is 0.339 e. The summed E-state index contributed by atoms with van der Waals surface area (Å²) < 4.78 is 5.64. The van der Waals surface area contributed by atoms with E-state index in [1.54, 1.807) is 6.07 Å². The molecule has 0 amide bonds. The highest BCUT2D eigenvalue weighted by molar-refractivity contribution is 5.90. The van der Waals surface area contributed by atoms with E-state index in [2.05, 4.69) is 4.98 Å². The van der Waals surface area contributed by atoms with Crippen LogP contribution in [0.4, 0.5) is 0 Å². The van der Waals surface area contributed by atoms with Gasteiger partial charge in [-0.2, -0.15) is 0 Å². The number of rotatable bonds is 3. The van der Waals surface area contributed by atoms with Gasteiger partial charge in [0.15, 0.2) is 5.75 Å². The number of benzene rings is 2. The van der Waals surface area contributed by atoms with E-state index in [1.807, 2.05) is 36.4 Å². The van der Waals surface area contributed by atoms with Gasteiger partial charge in [-0.25, -0.2) is 4.79 Å². The fourth-order valence-electron chi connectivity index (χ4n) is 2.00. The monoisotopic (exact) mass is 265 g/mol. The molecule has 0 spiro atoms. The molecule has 1 N–H and O–H groups in total. The van der Waals surface area contributed by atoms with Crippen molar-refractivity contribution in [1.29, 1.82) is 0 Å². The molecule has 0 saturated carbocycles. The predicted octanol–water partition coefficient (Wildman–Crippen LogP) is 3.73. The van der Waals surface area contributed by atoms with E-state index in [1.165, 1.54) is 18.5 Å². The van der Waals surface area contributed by atoms with Crippen molar-refractivity contribution in [2.45, 2.75) is 0 Å². The van der Waals surface area contributed by atoms with Crippen LogP contribution >= 0.6 is 0 Å². The molecule has 2 aromatic carbocycles. The van der Waals surface area contributed by atoms with Crippen LogP contribution in [0.15, 0.2) is 60.9 Å². The number of aromatic carboxylic acids is 1. The number of carboxylic acids is 1. The Bertz CT molecular complexity index is 783. The molecule has 1 aromatic heterocycles. The number of hydrogen-bond acceptors (Lipinski definition) is 3. The molecule has 0 aliphatic carbocycles. The lowest BCUT2D eigenvalue weighted by Gasteiger charge is -2.08. The van der Waals surface area contributed by atoms with Gasteiger partial charge >= 0.3 is 5.97 Å². The highest BCUT2D eigenvalue weighted by Gasteiger charge is 2.11. The van der Waals surface area contributed by atoms with Crippen molar-refractivity contribution in [3.63, 3.8) is 0 Å². The second-order valence-electron chi connectivity index (χ2n) is 4.29. The van der Waals surface area contributed by atoms with Crippen LogP contribution in [0.2, 0.25) is 0 Å². The number of carboxylic acid groups (broad SMARTS) is 1. The highest BCUT2D eigenvalue weighted by Crippen LogP contribution is 2.27. The van der Waals surface area contributed by atoms with Crippen LogP contribution in [-0.4, -0.2) is 16.1 Å². The highest BCUT2D eigenvalue weighted by atomic mass is 16.5. The van der Waals surface area contributed by atoms with Gasteiger partial charge in [-0.1, -0.05) is 30.3 Å². The maximum atomic E-state index is 11.1. The van der Waals surface area contributed by atoms with Crippen molar-refractivity contribution in [1.82, 2.24) is 4.98 Å². The van der Waals surface area contributed by atoms with Crippen LogP contribution in [0, 0.1) is 0 Å². The van der Waals surface area contributed by atoms with Gasteiger partial charge in [0.1, 0.15) is 11.3 Å². The molecule has 0 atom stereocenters. The lowest BCUT2D eigenvalue weighted by Crippen LogP contribution is -2.00. The van der Waals surface area contributed by atoms with Crippen LogP contribution in [0.3, 0.4) is 0 Å². The third-order valence-corrected chi connectivity index (χ3v) is 2.96. The molecule has 20 heavy (non-hydrogen) atoms. The summed E-state index contributed by atoms with van der Waals surface area (Å²) in [4.78, 5) is 15.0. The fourth-order valence-corrected chi connectivity index (χ4v) is 2.00. The van der Waals surface area contributed by atoms with Crippen LogP contribution in [0.1, 0.15) is 10.4 Å². The van der Waals surface area contributed by atoms with Crippen molar-refractivity contribution in [2.24, 2.45) is 0 Å². The Labute approximate surface area is 115 Å². The summed E-state index contributed by atoms with van der Waals surface area (Å²) in [6, 6.07) is 14.9.